The molecule has 1 unspecified atom stereocenters. The Labute approximate surface area is 95.8 Å². The quantitative estimate of drug-likeness (QED) is 0.748. The van der Waals surface area contributed by atoms with E-state index in [9.17, 15) is 9.59 Å². The maximum Gasteiger partial charge on any atom is 0.323 e. The number of nitrogens with zero attached hydrogens (tertiary/aromatic N) is 1. The molecule has 5 nitrogen and oxygen atoms in total. The van der Waals surface area contributed by atoms with Crippen LogP contribution in [-0.2, 0) is 4.79 Å². The van der Waals surface area contributed by atoms with Crippen LogP contribution < -0.4 is 5.32 Å². The number of carbonyl (C=O) groups excluding carboxylic acids is 1. The van der Waals surface area contributed by atoms with Gasteiger partial charge in [0.05, 0.1) is 0 Å². The highest BCUT2D eigenvalue weighted by atomic mass is 16.4. The second-order valence-corrected chi connectivity index (χ2v) is 4.36. The average Bonchev–Trinajstić information content (AvgIpc) is 2.18. The largest absolute Gasteiger partial charge is 0.480 e. The molecule has 92 valence electrons. The third-order valence-electron chi connectivity index (χ3n) is 3.12. The Hall–Kier alpha value is -1.26. The van der Waals surface area contributed by atoms with E-state index in [1.807, 2.05) is 13.8 Å². The molecule has 1 atom stereocenters. The summed E-state index contributed by atoms with van der Waals surface area (Å²) in [5, 5.41) is 11.6. The van der Waals surface area contributed by atoms with Crippen molar-refractivity contribution in [2.24, 2.45) is 0 Å². The van der Waals surface area contributed by atoms with E-state index in [0.717, 1.165) is 25.7 Å². The number of urea groups is 1. The number of carboxylic acid groups (broad SMARTS) is 1. The summed E-state index contributed by atoms with van der Waals surface area (Å²) in [5.41, 5.74) is 0. The zero-order valence-corrected chi connectivity index (χ0v) is 9.90. The second kappa shape index (κ2) is 5.72. The van der Waals surface area contributed by atoms with Gasteiger partial charge in [0, 0.05) is 12.1 Å². The van der Waals surface area contributed by atoms with Crippen LogP contribution >= 0.6 is 0 Å². The molecule has 0 spiro atoms. The SMILES string of the molecule is CCC(C)N(CC(=O)O)C(=O)NC1CCC1. The lowest BCUT2D eigenvalue weighted by Crippen LogP contribution is -2.51. The zero-order chi connectivity index (χ0) is 12.1. The van der Waals surface area contributed by atoms with Gasteiger partial charge in [-0.2, -0.15) is 0 Å². The van der Waals surface area contributed by atoms with Crippen LogP contribution in [0.4, 0.5) is 4.79 Å². The molecular weight excluding hydrogens is 208 g/mol. The zero-order valence-electron chi connectivity index (χ0n) is 9.90. The van der Waals surface area contributed by atoms with E-state index in [0.29, 0.717) is 0 Å². The molecule has 0 aromatic carbocycles. The minimum Gasteiger partial charge on any atom is -0.480 e. The van der Waals surface area contributed by atoms with Gasteiger partial charge >= 0.3 is 12.0 Å². The van der Waals surface area contributed by atoms with E-state index in [4.69, 9.17) is 5.11 Å². The minimum atomic E-state index is -0.968. The molecule has 5 heteroatoms. The van der Waals surface area contributed by atoms with E-state index in [-0.39, 0.29) is 24.7 Å². The van der Waals surface area contributed by atoms with E-state index < -0.39 is 5.97 Å². The molecular formula is C11H20N2O3. The highest BCUT2D eigenvalue weighted by Crippen LogP contribution is 2.18. The molecule has 0 saturated heterocycles. The van der Waals surface area contributed by atoms with Crippen molar-refractivity contribution in [1.29, 1.82) is 0 Å². The molecule has 1 rings (SSSR count). The molecule has 1 aliphatic rings. The van der Waals surface area contributed by atoms with Gasteiger partial charge in [-0.05, 0) is 32.6 Å². The molecule has 2 amide bonds. The molecule has 1 aliphatic carbocycles. The number of carboxylic acids is 1. The van der Waals surface area contributed by atoms with Gasteiger partial charge < -0.3 is 15.3 Å². The number of hydrogen-bond acceptors (Lipinski definition) is 2. The summed E-state index contributed by atoms with van der Waals surface area (Å²) >= 11 is 0. The molecule has 0 radical (unpaired) electrons. The highest BCUT2D eigenvalue weighted by molar-refractivity contribution is 5.80. The smallest absolute Gasteiger partial charge is 0.323 e. The summed E-state index contributed by atoms with van der Waals surface area (Å²) in [4.78, 5) is 23.9. The van der Waals surface area contributed by atoms with Gasteiger partial charge in [0.15, 0.2) is 0 Å². The monoisotopic (exact) mass is 228 g/mol. The lowest BCUT2D eigenvalue weighted by atomic mass is 9.93. The van der Waals surface area contributed by atoms with Crippen LogP contribution in [0.5, 0.6) is 0 Å². The van der Waals surface area contributed by atoms with E-state index in [1.54, 1.807) is 0 Å². The number of rotatable bonds is 5. The van der Waals surface area contributed by atoms with Gasteiger partial charge in [-0.25, -0.2) is 4.79 Å². The third-order valence-corrected chi connectivity index (χ3v) is 3.12. The lowest BCUT2D eigenvalue weighted by Gasteiger charge is -2.32. The van der Waals surface area contributed by atoms with Crippen molar-refractivity contribution >= 4 is 12.0 Å². The Kier molecular flexibility index (Phi) is 4.58. The number of aliphatic carboxylic acids is 1. The van der Waals surface area contributed by atoms with Gasteiger partial charge in [-0.3, -0.25) is 4.79 Å². The molecule has 1 fully saturated rings. The Bertz CT molecular complexity index is 264. The van der Waals surface area contributed by atoms with Crippen LogP contribution in [-0.4, -0.2) is 40.6 Å². The first-order valence-corrected chi connectivity index (χ1v) is 5.83. The van der Waals surface area contributed by atoms with Crippen LogP contribution in [0.25, 0.3) is 0 Å². The topological polar surface area (TPSA) is 69.6 Å². The van der Waals surface area contributed by atoms with Crippen LogP contribution in [0.15, 0.2) is 0 Å². The van der Waals surface area contributed by atoms with Gasteiger partial charge in [-0.1, -0.05) is 6.92 Å². The Morgan fingerprint density at radius 2 is 2.12 bits per heavy atom. The Morgan fingerprint density at radius 3 is 2.50 bits per heavy atom. The molecule has 0 aliphatic heterocycles. The van der Waals surface area contributed by atoms with Crippen molar-refractivity contribution in [1.82, 2.24) is 10.2 Å². The van der Waals surface area contributed by atoms with Crippen molar-refractivity contribution in [2.75, 3.05) is 6.54 Å². The Balaban J connectivity index is 2.51. The average molecular weight is 228 g/mol. The molecule has 1 saturated carbocycles. The normalized spacial score (nSPS) is 17.4. The van der Waals surface area contributed by atoms with Gasteiger partial charge in [-0.15, -0.1) is 0 Å². The van der Waals surface area contributed by atoms with Crippen LogP contribution in [0.3, 0.4) is 0 Å². The summed E-state index contributed by atoms with van der Waals surface area (Å²) in [6, 6.07) is -0.0505. The molecule has 2 N–H and O–H groups in total. The van der Waals surface area contributed by atoms with Crippen molar-refractivity contribution in [3.05, 3.63) is 0 Å². The molecule has 0 heterocycles. The summed E-state index contributed by atoms with van der Waals surface area (Å²) in [6.45, 7) is 3.58. The highest BCUT2D eigenvalue weighted by Gasteiger charge is 2.26. The maximum absolute atomic E-state index is 11.8. The van der Waals surface area contributed by atoms with Crippen LogP contribution in [0.1, 0.15) is 39.5 Å². The van der Waals surface area contributed by atoms with Gasteiger partial charge in [0.25, 0.3) is 0 Å². The summed E-state index contributed by atoms with van der Waals surface area (Å²) in [6.07, 6.45) is 3.92. The standard InChI is InChI=1S/C11H20N2O3/c1-3-8(2)13(7-10(14)15)11(16)12-9-5-4-6-9/h8-9H,3-7H2,1-2H3,(H,12,16)(H,14,15). The predicted octanol–water partition coefficient (Wildman–Crippen LogP) is 1.43. The molecule has 0 aromatic rings. The van der Waals surface area contributed by atoms with Crippen molar-refractivity contribution in [2.45, 2.75) is 51.6 Å². The molecule has 0 bridgehead atoms. The summed E-state index contributed by atoms with van der Waals surface area (Å²) < 4.78 is 0. The van der Waals surface area contributed by atoms with Crippen molar-refractivity contribution in [3.63, 3.8) is 0 Å². The molecule has 0 aromatic heterocycles. The summed E-state index contributed by atoms with van der Waals surface area (Å²) in [7, 11) is 0. The van der Waals surface area contributed by atoms with Crippen molar-refractivity contribution in [3.8, 4) is 0 Å². The van der Waals surface area contributed by atoms with E-state index in [2.05, 4.69) is 5.32 Å². The second-order valence-electron chi connectivity index (χ2n) is 4.36. The van der Waals surface area contributed by atoms with E-state index in [1.165, 1.54) is 4.90 Å². The lowest BCUT2D eigenvalue weighted by molar-refractivity contribution is -0.138. The summed E-state index contributed by atoms with van der Waals surface area (Å²) in [5.74, 6) is -0.968. The van der Waals surface area contributed by atoms with Crippen LogP contribution in [0, 0.1) is 0 Å². The van der Waals surface area contributed by atoms with E-state index >= 15 is 0 Å². The maximum atomic E-state index is 11.8. The fraction of sp³-hybridized carbons (Fsp3) is 0.818. The third kappa shape index (κ3) is 3.40. The first-order valence-electron chi connectivity index (χ1n) is 5.83. The number of amides is 2. The molecule has 16 heavy (non-hydrogen) atoms. The first-order chi connectivity index (χ1) is 7.54. The number of nitrogens with one attached hydrogen (secondary N) is 1. The Morgan fingerprint density at radius 1 is 1.50 bits per heavy atom. The van der Waals surface area contributed by atoms with Crippen LogP contribution in [0.2, 0.25) is 0 Å². The fourth-order valence-corrected chi connectivity index (χ4v) is 1.60. The fourth-order valence-electron chi connectivity index (χ4n) is 1.60. The number of hydrogen-bond donors (Lipinski definition) is 2. The number of carbonyl (C=O) groups is 2. The van der Waals surface area contributed by atoms with Gasteiger partial charge in [0.1, 0.15) is 6.54 Å². The van der Waals surface area contributed by atoms with Crippen molar-refractivity contribution < 1.29 is 14.7 Å². The minimum absolute atomic E-state index is 0.0452. The predicted molar refractivity (Wildman–Crippen MR) is 60.3 cm³/mol. The first kappa shape index (κ1) is 12.8. The van der Waals surface area contributed by atoms with Gasteiger partial charge in [0.2, 0.25) is 0 Å².